The molecule has 1 rings (SSSR count). The van der Waals surface area contributed by atoms with E-state index in [1.54, 1.807) is 12.1 Å². The first-order valence-electron chi connectivity index (χ1n) is 7.53. The van der Waals surface area contributed by atoms with E-state index in [1.165, 1.54) is 7.05 Å². The van der Waals surface area contributed by atoms with E-state index in [0.717, 1.165) is 10.5 Å². The molecule has 1 aromatic rings. The Labute approximate surface area is 140 Å². The van der Waals surface area contributed by atoms with E-state index in [-0.39, 0.29) is 12.5 Å². The predicted molar refractivity (Wildman–Crippen MR) is 86.9 cm³/mol. The molecule has 8 nitrogen and oxygen atoms in total. The van der Waals surface area contributed by atoms with E-state index in [4.69, 9.17) is 9.84 Å². The largest absolute Gasteiger partial charge is 0.465 e. The first-order chi connectivity index (χ1) is 11.3. The SMILES string of the molecule is CC(C)C[C@@H](C(=O)NNC(=O)OCc1ccccc1)N(C)C(=O)O. The summed E-state index contributed by atoms with van der Waals surface area (Å²) in [5, 5.41) is 9.04. The van der Waals surface area contributed by atoms with Gasteiger partial charge in [-0.3, -0.25) is 15.1 Å². The molecule has 3 amide bonds. The Morgan fingerprint density at radius 2 is 1.79 bits per heavy atom. The first kappa shape index (κ1) is 19.3. The van der Waals surface area contributed by atoms with Crippen molar-refractivity contribution in [3.05, 3.63) is 35.9 Å². The number of carbonyl (C=O) groups excluding carboxylic acids is 2. The molecule has 0 aliphatic rings. The van der Waals surface area contributed by atoms with Gasteiger partial charge in [0.1, 0.15) is 12.6 Å². The van der Waals surface area contributed by atoms with Crippen molar-refractivity contribution in [1.82, 2.24) is 15.8 Å². The minimum atomic E-state index is -1.22. The number of hydrogen-bond acceptors (Lipinski definition) is 4. The van der Waals surface area contributed by atoms with Crippen molar-refractivity contribution >= 4 is 18.1 Å². The zero-order valence-corrected chi connectivity index (χ0v) is 14.0. The summed E-state index contributed by atoms with van der Waals surface area (Å²) in [6, 6.07) is 8.17. The van der Waals surface area contributed by atoms with Crippen LogP contribution in [-0.4, -0.2) is 41.2 Å². The Morgan fingerprint density at radius 3 is 2.33 bits per heavy atom. The summed E-state index contributed by atoms with van der Waals surface area (Å²) in [5.74, 6) is -0.516. The van der Waals surface area contributed by atoms with E-state index < -0.39 is 24.1 Å². The van der Waals surface area contributed by atoms with Gasteiger partial charge in [0.15, 0.2) is 0 Å². The van der Waals surface area contributed by atoms with Crippen molar-refractivity contribution in [2.45, 2.75) is 32.9 Å². The third-order valence-corrected chi connectivity index (χ3v) is 3.27. The second kappa shape index (κ2) is 9.39. The number of carbonyl (C=O) groups is 3. The number of ether oxygens (including phenoxy) is 1. The second-order valence-corrected chi connectivity index (χ2v) is 5.71. The van der Waals surface area contributed by atoms with Crippen LogP contribution in [0.2, 0.25) is 0 Å². The summed E-state index contributed by atoms with van der Waals surface area (Å²) in [7, 11) is 1.31. The number of likely N-dealkylation sites (N-methyl/N-ethyl adjacent to an activating group) is 1. The molecule has 0 bridgehead atoms. The summed E-state index contributed by atoms with van der Waals surface area (Å²) in [6.07, 6.45) is -1.72. The number of benzene rings is 1. The molecule has 0 aliphatic carbocycles. The molecule has 1 atom stereocenters. The van der Waals surface area contributed by atoms with E-state index in [0.29, 0.717) is 6.42 Å². The van der Waals surface area contributed by atoms with E-state index in [2.05, 4.69) is 10.9 Å². The number of rotatable bonds is 6. The molecule has 0 fully saturated rings. The van der Waals surface area contributed by atoms with Crippen molar-refractivity contribution < 1.29 is 24.2 Å². The van der Waals surface area contributed by atoms with E-state index >= 15 is 0 Å². The lowest BCUT2D eigenvalue weighted by molar-refractivity contribution is -0.126. The molecule has 0 saturated carbocycles. The highest BCUT2D eigenvalue weighted by molar-refractivity contribution is 5.86. The van der Waals surface area contributed by atoms with Crippen LogP contribution in [0.1, 0.15) is 25.8 Å². The molecular formula is C16H23N3O5. The van der Waals surface area contributed by atoms with Gasteiger partial charge in [-0.15, -0.1) is 0 Å². The lowest BCUT2D eigenvalue weighted by Gasteiger charge is -2.26. The Balaban J connectivity index is 2.48. The Bertz CT molecular complexity index is 562. The van der Waals surface area contributed by atoms with Gasteiger partial charge in [0, 0.05) is 7.05 Å². The zero-order chi connectivity index (χ0) is 18.1. The van der Waals surface area contributed by atoms with Gasteiger partial charge in [0.05, 0.1) is 0 Å². The van der Waals surface area contributed by atoms with Crippen LogP contribution in [0.15, 0.2) is 30.3 Å². The molecule has 0 aromatic heterocycles. The summed E-state index contributed by atoms with van der Waals surface area (Å²) in [5.41, 5.74) is 5.12. The van der Waals surface area contributed by atoms with Crippen LogP contribution in [0.5, 0.6) is 0 Å². The molecule has 24 heavy (non-hydrogen) atoms. The fraction of sp³-hybridized carbons (Fsp3) is 0.438. The van der Waals surface area contributed by atoms with Crippen molar-refractivity contribution in [2.24, 2.45) is 5.92 Å². The quantitative estimate of drug-likeness (QED) is 0.688. The minimum Gasteiger partial charge on any atom is -0.465 e. The van der Waals surface area contributed by atoms with Crippen LogP contribution in [0.3, 0.4) is 0 Å². The summed E-state index contributed by atoms with van der Waals surface area (Å²) in [6.45, 7) is 3.81. The van der Waals surface area contributed by atoms with Gasteiger partial charge in [-0.05, 0) is 17.9 Å². The molecule has 8 heteroatoms. The van der Waals surface area contributed by atoms with Crippen molar-refractivity contribution in [2.75, 3.05) is 7.05 Å². The predicted octanol–water partition coefficient (Wildman–Crippen LogP) is 1.97. The van der Waals surface area contributed by atoms with Crippen molar-refractivity contribution in [1.29, 1.82) is 0 Å². The minimum absolute atomic E-state index is 0.0625. The third kappa shape index (κ3) is 6.55. The van der Waals surface area contributed by atoms with Crippen LogP contribution >= 0.6 is 0 Å². The summed E-state index contributed by atoms with van der Waals surface area (Å²) >= 11 is 0. The molecule has 1 aromatic carbocycles. The average molecular weight is 337 g/mol. The van der Waals surface area contributed by atoms with Crippen LogP contribution in [0.25, 0.3) is 0 Å². The standard InChI is InChI=1S/C16H23N3O5/c1-11(2)9-13(19(3)16(22)23)14(20)17-18-15(21)24-10-12-7-5-4-6-8-12/h4-8,11,13H,9-10H2,1-3H3,(H,17,20)(H,18,21)(H,22,23)/t13-/m0/s1. The topological polar surface area (TPSA) is 108 Å². The van der Waals surface area contributed by atoms with Crippen LogP contribution in [-0.2, 0) is 16.1 Å². The fourth-order valence-electron chi connectivity index (χ4n) is 1.98. The smallest absolute Gasteiger partial charge is 0.426 e. The Morgan fingerprint density at radius 1 is 1.17 bits per heavy atom. The molecular weight excluding hydrogens is 314 g/mol. The average Bonchev–Trinajstić information content (AvgIpc) is 2.55. The number of amides is 3. The highest BCUT2D eigenvalue weighted by atomic mass is 16.6. The van der Waals surface area contributed by atoms with Crippen LogP contribution < -0.4 is 10.9 Å². The lowest BCUT2D eigenvalue weighted by Crippen LogP contribution is -2.53. The zero-order valence-electron chi connectivity index (χ0n) is 14.0. The number of hydrazine groups is 1. The van der Waals surface area contributed by atoms with Gasteiger partial charge in [-0.25, -0.2) is 15.0 Å². The van der Waals surface area contributed by atoms with Crippen molar-refractivity contribution in [3.8, 4) is 0 Å². The van der Waals surface area contributed by atoms with Gasteiger partial charge < -0.3 is 9.84 Å². The lowest BCUT2D eigenvalue weighted by atomic mass is 10.0. The van der Waals surface area contributed by atoms with Gasteiger partial charge in [0.2, 0.25) is 0 Å². The Kier molecular flexibility index (Phi) is 7.54. The highest BCUT2D eigenvalue weighted by Gasteiger charge is 2.27. The van der Waals surface area contributed by atoms with Gasteiger partial charge >= 0.3 is 12.2 Å². The van der Waals surface area contributed by atoms with Gasteiger partial charge in [-0.1, -0.05) is 44.2 Å². The summed E-state index contributed by atoms with van der Waals surface area (Å²) < 4.78 is 4.95. The number of carboxylic acid groups (broad SMARTS) is 1. The van der Waals surface area contributed by atoms with E-state index in [1.807, 2.05) is 32.0 Å². The third-order valence-electron chi connectivity index (χ3n) is 3.27. The highest BCUT2D eigenvalue weighted by Crippen LogP contribution is 2.10. The maximum Gasteiger partial charge on any atom is 0.426 e. The maximum absolute atomic E-state index is 12.1. The molecule has 0 radical (unpaired) electrons. The number of nitrogens with zero attached hydrogens (tertiary/aromatic N) is 1. The molecule has 3 N–H and O–H groups in total. The Hall–Kier alpha value is -2.77. The molecule has 132 valence electrons. The molecule has 0 spiro atoms. The van der Waals surface area contributed by atoms with Gasteiger partial charge in [0.25, 0.3) is 5.91 Å². The number of nitrogens with one attached hydrogen (secondary N) is 2. The first-order valence-corrected chi connectivity index (χ1v) is 7.53. The van der Waals surface area contributed by atoms with Crippen molar-refractivity contribution in [3.63, 3.8) is 0 Å². The van der Waals surface area contributed by atoms with Crippen LogP contribution in [0.4, 0.5) is 9.59 Å². The molecule has 0 saturated heterocycles. The molecule has 0 unspecified atom stereocenters. The normalized spacial score (nSPS) is 11.5. The second-order valence-electron chi connectivity index (χ2n) is 5.71. The monoisotopic (exact) mass is 337 g/mol. The van der Waals surface area contributed by atoms with E-state index in [9.17, 15) is 14.4 Å². The fourth-order valence-corrected chi connectivity index (χ4v) is 1.98. The molecule has 0 aliphatic heterocycles. The summed E-state index contributed by atoms with van der Waals surface area (Å²) in [4.78, 5) is 35.7. The van der Waals surface area contributed by atoms with Gasteiger partial charge in [-0.2, -0.15) is 0 Å². The number of hydrogen-bond donors (Lipinski definition) is 3. The molecule has 0 heterocycles. The van der Waals surface area contributed by atoms with Crippen LogP contribution in [0, 0.1) is 5.92 Å². The maximum atomic E-state index is 12.1.